The van der Waals surface area contributed by atoms with E-state index < -0.39 is 12.0 Å². The van der Waals surface area contributed by atoms with Crippen molar-refractivity contribution in [2.75, 3.05) is 19.5 Å². The van der Waals surface area contributed by atoms with Crippen molar-refractivity contribution in [2.24, 2.45) is 7.05 Å². The van der Waals surface area contributed by atoms with Gasteiger partial charge in [0.15, 0.2) is 6.29 Å². The van der Waals surface area contributed by atoms with Gasteiger partial charge in [0.05, 0.1) is 5.69 Å². The Morgan fingerprint density at radius 3 is 2.25 bits per heavy atom. The Bertz CT molecular complexity index is 711. The number of hydrogen-bond acceptors (Lipinski definition) is 5. The number of allylic oxidation sites excluding steroid dienone is 1. The number of carboxylic acids is 1. The Kier molecular flexibility index (Phi) is 15.8. The number of aliphatic carboxylic acids is 1. The molecule has 1 unspecified atom stereocenters. The van der Waals surface area contributed by atoms with Gasteiger partial charge in [-0.1, -0.05) is 26.0 Å². The number of aromatic nitrogens is 2. The molecule has 7 nitrogen and oxygen atoms in total. The van der Waals surface area contributed by atoms with Gasteiger partial charge in [0, 0.05) is 44.3 Å². The van der Waals surface area contributed by atoms with Crippen LogP contribution < -0.4 is 5.32 Å². The number of methoxy groups -OCH3 is 1. The first-order valence-corrected chi connectivity index (χ1v) is 8.90. The lowest BCUT2D eigenvalue weighted by Crippen LogP contribution is -2.25. The van der Waals surface area contributed by atoms with Crippen molar-refractivity contribution in [3.05, 3.63) is 48.7 Å². The highest BCUT2D eigenvalue weighted by Gasteiger charge is 2.13. The number of anilines is 1. The molecule has 1 heterocycles. The molecule has 0 amide bonds. The van der Waals surface area contributed by atoms with Gasteiger partial charge in [-0.2, -0.15) is 5.10 Å². The maximum Gasteiger partial charge on any atom is 0.325 e. The van der Waals surface area contributed by atoms with Gasteiger partial charge in [0.2, 0.25) is 0 Å². The van der Waals surface area contributed by atoms with Crippen molar-refractivity contribution >= 4 is 17.9 Å². The normalized spacial score (nSPS) is 9.82. The highest BCUT2D eigenvalue weighted by atomic mass is 16.4. The number of carbonyl (C=O) groups is 2. The van der Waals surface area contributed by atoms with Crippen molar-refractivity contribution in [2.45, 2.75) is 33.7 Å². The predicted molar refractivity (Wildman–Crippen MR) is 115 cm³/mol. The predicted octanol–water partition coefficient (Wildman–Crippen LogP) is 4.27. The number of ether oxygens (including phenoxy) is 1. The van der Waals surface area contributed by atoms with Crippen molar-refractivity contribution in [3.8, 4) is 11.3 Å². The minimum absolute atomic E-state index is 0.483. The lowest BCUT2D eigenvalue weighted by Gasteiger charge is -2.13. The summed E-state index contributed by atoms with van der Waals surface area (Å²) in [5.74, 6) is -0.951. The van der Waals surface area contributed by atoms with Crippen LogP contribution in [0, 0.1) is 0 Å². The van der Waals surface area contributed by atoms with E-state index in [0.29, 0.717) is 11.3 Å². The molecule has 0 fully saturated rings. The van der Waals surface area contributed by atoms with Crippen LogP contribution in [0.4, 0.5) is 5.69 Å². The van der Waals surface area contributed by atoms with E-state index in [0.717, 1.165) is 17.5 Å². The first-order chi connectivity index (χ1) is 13.4. The van der Waals surface area contributed by atoms with Gasteiger partial charge in [0.1, 0.15) is 6.04 Å². The van der Waals surface area contributed by atoms with Crippen molar-refractivity contribution in [1.82, 2.24) is 9.78 Å². The summed E-state index contributed by atoms with van der Waals surface area (Å²) >= 11 is 0. The van der Waals surface area contributed by atoms with E-state index in [4.69, 9.17) is 5.11 Å². The molecule has 1 aromatic heterocycles. The highest BCUT2D eigenvalue weighted by molar-refractivity contribution is 5.89. The summed E-state index contributed by atoms with van der Waals surface area (Å²) in [6.07, 6.45) is 4.15. The lowest BCUT2D eigenvalue weighted by atomic mass is 10.0. The van der Waals surface area contributed by atoms with Gasteiger partial charge in [-0.15, -0.1) is 6.58 Å². The Hall–Kier alpha value is -2.93. The van der Waals surface area contributed by atoms with E-state index >= 15 is 0 Å². The summed E-state index contributed by atoms with van der Waals surface area (Å²) in [7, 11) is 5.04. The first kappa shape index (κ1) is 27.3. The summed E-state index contributed by atoms with van der Waals surface area (Å²) in [6.45, 7) is 10.8. The third kappa shape index (κ3) is 9.68. The minimum Gasteiger partial charge on any atom is -0.480 e. The molecule has 0 spiro atoms. The fourth-order valence-corrected chi connectivity index (χ4v) is 1.93. The third-order valence-electron chi connectivity index (χ3n) is 3.03. The molecule has 7 heteroatoms. The van der Waals surface area contributed by atoms with Gasteiger partial charge in [-0.3, -0.25) is 14.3 Å². The number of aldehydes is 1. The monoisotopic (exact) mass is 391 g/mol. The zero-order valence-corrected chi connectivity index (χ0v) is 17.9. The summed E-state index contributed by atoms with van der Waals surface area (Å²) < 4.78 is 5.93. The molecule has 0 saturated carbocycles. The molecule has 2 rings (SSSR count). The summed E-state index contributed by atoms with van der Waals surface area (Å²) in [6, 6.07) is 6.24. The van der Waals surface area contributed by atoms with E-state index in [1.807, 2.05) is 26.8 Å². The quantitative estimate of drug-likeness (QED) is 0.584. The van der Waals surface area contributed by atoms with Crippen LogP contribution in [0.2, 0.25) is 0 Å². The van der Waals surface area contributed by atoms with E-state index in [9.17, 15) is 9.59 Å². The lowest BCUT2D eigenvalue weighted by molar-refractivity contribution is -0.137. The zero-order chi connectivity index (χ0) is 22.1. The zero-order valence-electron chi connectivity index (χ0n) is 17.9. The molecular formula is C21H33N3O4. The highest BCUT2D eigenvalue weighted by Crippen LogP contribution is 2.25. The molecule has 28 heavy (non-hydrogen) atoms. The topological polar surface area (TPSA) is 93.5 Å². The Balaban J connectivity index is 0. The second kappa shape index (κ2) is 16.3. The van der Waals surface area contributed by atoms with Crippen LogP contribution in [0.3, 0.4) is 0 Å². The molecular weight excluding hydrogens is 358 g/mol. The van der Waals surface area contributed by atoms with Crippen LogP contribution in [0.5, 0.6) is 0 Å². The Labute approximate surface area is 168 Å². The summed E-state index contributed by atoms with van der Waals surface area (Å²) in [5.41, 5.74) is 2.66. The molecule has 2 N–H and O–H groups in total. The van der Waals surface area contributed by atoms with Gasteiger partial charge in [-0.05, 0) is 32.0 Å². The average molecular weight is 392 g/mol. The van der Waals surface area contributed by atoms with Crippen LogP contribution in [0.1, 0.15) is 38.1 Å². The van der Waals surface area contributed by atoms with Gasteiger partial charge < -0.3 is 15.2 Å². The minimum atomic E-state index is -0.951. The SMILES string of the molecule is C=CC.CC.CC(Nc1ccc(-c2ccnn2C)c(C=O)c1)C(=O)O.COC. The van der Waals surface area contributed by atoms with Crippen LogP contribution in [0.15, 0.2) is 43.1 Å². The fraction of sp³-hybridized carbons (Fsp3) is 0.381. The molecule has 0 bridgehead atoms. The second-order valence-corrected chi connectivity index (χ2v) is 5.28. The molecule has 0 aliphatic rings. The Morgan fingerprint density at radius 1 is 1.32 bits per heavy atom. The van der Waals surface area contributed by atoms with Crippen molar-refractivity contribution < 1.29 is 19.4 Å². The number of nitrogens with one attached hydrogen (secondary N) is 1. The molecule has 0 radical (unpaired) electrons. The standard InChI is InChI=1S/C14H15N3O3.C3H6.C2H6O.C2H6/c1-9(14(19)20)16-11-3-4-12(10(7-11)8-18)13-5-6-15-17(13)2;2*1-3-2;1-2/h3-9,16H,1-2H3,(H,19,20);3H,1H2,2H3;1-2H3;1-2H3. The number of aryl methyl sites for hydroxylation is 1. The van der Waals surface area contributed by atoms with E-state index in [1.165, 1.54) is 6.92 Å². The van der Waals surface area contributed by atoms with E-state index in [2.05, 4.69) is 21.7 Å². The van der Waals surface area contributed by atoms with Crippen LogP contribution in [0.25, 0.3) is 11.3 Å². The van der Waals surface area contributed by atoms with Gasteiger partial charge >= 0.3 is 5.97 Å². The molecule has 1 aromatic carbocycles. The first-order valence-electron chi connectivity index (χ1n) is 8.90. The van der Waals surface area contributed by atoms with Crippen LogP contribution >= 0.6 is 0 Å². The fourth-order valence-electron chi connectivity index (χ4n) is 1.93. The molecule has 0 saturated heterocycles. The van der Waals surface area contributed by atoms with E-state index in [-0.39, 0.29) is 0 Å². The smallest absolute Gasteiger partial charge is 0.325 e. The average Bonchev–Trinajstić information content (AvgIpc) is 3.10. The molecule has 156 valence electrons. The molecule has 0 aliphatic carbocycles. The van der Waals surface area contributed by atoms with Gasteiger partial charge in [-0.25, -0.2) is 0 Å². The number of carbonyl (C=O) groups excluding carboxylic acids is 1. The molecule has 0 aliphatic heterocycles. The second-order valence-electron chi connectivity index (χ2n) is 5.28. The van der Waals surface area contributed by atoms with Crippen LogP contribution in [-0.4, -0.2) is 47.4 Å². The van der Waals surface area contributed by atoms with Crippen molar-refractivity contribution in [3.63, 3.8) is 0 Å². The number of nitrogens with zero attached hydrogens (tertiary/aromatic N) is 2. The number of rotatable bonds is 5. The maximum atomic E-state index is 11.2. The maximum absolute atomic E-state index is 11.2. The number of carboxylic acid groups (broad SMARTS) is 1. The van der Waals surface area contributed by atoms with Crippen molar-refractivity contribution in [1.29, 1.82) is 0 Å². The summed E-state index contributed by atoms with van der Waals surface area (Å²) in [4.78, 5) is 22.0. The van der Waals surface area contributed by atoms with Gasteiger partial charge in [0.25, 0.3) is 0 Å². The molecule has 1 atom stereocenters. The summed E-state index contributed by atoms with van der Waals surface area (Å²) in [5, 5.41) is 15.8. The van der Waals surface area contributed by atoms with E-state index in [1.54, 1.807) is 56.4 Å². The number of hydrogen-bond donors (Lipinski definition) is 2. The van der Waals surface area contributed by atoms with Crippen LogP contribution in [-0.2, 0) is 16.6 Å². The third-order valence-corrected chi connectivity index (χ3v) is 3.03. The Morgan fingerprint density at radius 2 is 1.86 bits per heavy atom. The number of benzene rings is 1. The largest absolute Gasteiger partial charge is 0.480 e. The molecule has 2 aromatic rings.